The van der Waals surface area contributed by atoms with Crippen molar-refractivity contribution in [1.29, 1.82) is 0 Å². The van der Waals surface area contributed by atoms with Crippen LogP contribution >= 0.6 is 0 Å². The first-order chi connectivity index (χ1) is 6.47. The summed E-state index contributed by atoms with van der Waals surface area (Å²) in [6.45, 7) is 0.922. The van der Waals surface area contributed by atoms with E-state index in [2.05, 4.69) is 21.1 Å². The number of carbonyl (C=O) groups is 1. The van der Waals surface area contributed by atoms with Crippen LogP contribution in [0.4, 0.5) is 0 Å². The van der Waals surface area contributed by atoms with Crippen LogP contribution in [0.25, 0.3) is 0 Å². The minimum Gasteiger partial charge on any atom is -0.748 e. The average Bonchev–Trinajstić information content (AvgIpc) is 1.75. The highest BCUT2D eigenvalue weighted by Gasteiger charge is 2.32. The second-order valence-electron chi connectivity index (χ2n) is 4.49. The van der Waals surface area contributed by atoms with Gasteiger partial charge in [-0.1, -0.05) is 0 Å². The van der Waals surface area contributed by atoms with Crippen LogP contribution in [0.2, 0.25) is 0 Å². The monoisotopic (exact) mass is 239 g/mol. The number of rotatable bonds is 2. The van der Waals surface area contributed by atoms with E-state index in [1.165, 1.54) is 0 Å². The lowest BCUT2D eigenvalue weighted by Gasteiger charge is -2.32. The van der Waals surface area contributed by atoms with Crippen molar-refractivity contribution in [3.05, 3.63) is 0 Å². The fourth-order valence-electron chi connectivity index (χ4n) is 1.07. The van der Waals surface area contributed by atoms with Crippen LogP contribution in [0.1, 0.15) is 6.42 Å². The van der Waals surface area contributed by atoms with Crippen LogP contribution < -0.4 is 0 Å². The Kier molecular flexibility index (Phi) is 4.69. The highest BCUT2D eigenvalue weighted by Crippen LogP contribution is 2.14. The number of cyclic esters (lactones) is 1. The number of hydrogen-bond acceptors (Lipinski definition) is 5. The van der Waals surface area contributed by atoms with Crippen molar-refractivity contribution in [2.24, 2.45) is 0 Å². The zero-order valence-corrected chi connectivity index (χ0v) is 10.2. The Labute approximate surface area is 90.2 Å². The molecule has 1 heterocycles. The summed E-state index contributed by atoms with van der Waals surface area (Å²) < 4.78 is 32.9. The Morgan fingerprint density at radius 2 is 1.80 bits per heavy atom. The largest absolute Gasteiger partial charge is 0.748 e. The lowest BCUT2D eigenvalue weighted by Crippen LogP contribution is -2.48. The molecule has 1 atom stereocenters. The van der Waals surface area contributed by atoms with Crippen molar-refractivity contribution in [2.75, 3.05) is 33.9 Å². The summed E-state index contributed by atoms with van der Waals surface area (Å²) in [7, 11) is 2.35. The van der Waals surface area contributed by atoms with Gasteiger partial charge in [0.2, 0.25) is 0 Å². The standard InChI is InChI=1S/C7H14NO2.CH4O3S/c1-8(2,3)5-6-4-7(9)10-6;1-5(2,3)4/h6H,4-5H2,1-3H3;1H3,(H,2,3,4)/q+1;/p-1/t6-;/m0./s1. The van der Waals surface area contributed by atoms with E-state index in [1.807, 2.05) is 0 Å². The van der Waals surface area contributed by atoms with E-state index >= 15 is 0 Å². The van der Waals surface area contributed by atoms with Crippen LogP contribution in [0.3, 0.4) is 0 Å². The van der Waals surface area contributed by atoms with Gasteiger partial charge in [-0.3, -0.25) is 4.79 Å². The van der Waals surface area contributed by atoms with E-state index in [1.54, 1.807) is 0 Å². The predicted molar refractivity (Wildman–Crippen MR) is 53.0 cm³/mol. The van der Waals surface area contributed by atoms with E-state index in [0.717, 1.165) is 11.0 Å². The number of likely N-dealkylation sites (N-methyl/N-ethyl adjacent to an activating group) is 1. The molecule has 6 nitrogen and oxygen atoms in total. The Balaban J connectivity index is 0.000000336. The van der Waals surface area contributed by atoms with E-state index in [4.69, 9.17) is 17.7 Å². The molecule has 15 heavy (non-hydrogen) atoms. The van der Waals surface area contributed by atoms with E-state index in [-0.39, 0.29) is 12.1 Å². The molecule has 0 aromatic carbocycles. The lowest BCUT2D eigenvalue weighted by molar-refractivity contribution is -0.874. The molecule has 0 spiro atoms. The van der Waals surface area contributed by atoms with Gasteiger partial charge in [-0.05, 0) is 0 Å². The van der Waals surface area contributed by atoms with Gasteiger partial charge < -0.3 is 13.8 Å². The molecule has 0 amide bonds. The average molecular weight is 239 g/mol. The molecule has 1 aliphatic heterocycles. The van der Waals surface area contributed by atoms with Crippen LogP contribution in [0.5, 0.6) is 0 Å². The molecule has 0 aromatic heterocycles. The van der Waals surface area contributed by atoms with Gasteiger partial charge in [0, 0.05) is 6.26 Å². The van der Waals surface area contributed by atoms with E-state index < -0.39 is 10.1 Å². The summed E-state index contributed by atoms with van der Waals surface area (Å²) in [4.78, 5) is 10.4. The van der Waals surface area contributed by atoms with Gasteiger partial charge in [-0.25, -0.2) is 8.42 Å². The van der Waals surface area contributed by atoms with E-state index in [0.29, 0.717) is 12.7 Å². The van der Waals surface area contributed by atoms with Crippen molar-refractivity contribution in [1.82, 2.24) is 0 Å². The number of hydrogen-bond donors (Lipinski definition) is 0. The minimum absolute atomic E-state index is 0.0570. The van der Waals surface area contributed by atoms with Crippen LogP contribution in [0, 0.1) is 0 Å². The van der Waals surface area contributed by atoms with Crippen LogP contribution in [0.15, 0.2) is 0 Å². The van der Waals surface area contributed by atoms with Gasteiger partial charge in [0.05, 0.1) is 37.7 Å². The summed E-state index contributed by atoms with van der Waals surface area (Å²) >= 11 is 0. The Morgan fingerprint density at radius 3 is 2.00 bits per heavy atom. The second-order valence-corrected chi connectivity index (χ2v) is 5.90. The molecule has 0 radical (unpaired) electrons. The lowest BCUT2D eigenvalue weighted by atomic mass is 10.1. The first kappa shape index (κ1) is 14.3. The van der Waals surface area contributed by atoms with Gasteiger partial charge >= 0.3 is 5.97 Å². The number of quaternary nitrogens is 1. The highest BCUT2D eigenvalue weighted by atomic mass is 32.2. The fraction of sp³-hybridized carbons (Fsp3) is 0.875. The van der Waals surface area contributed by atoms with Crippen molar-refractivity contribution in [3.8, 4) is 0 Å². The van der Waals surface area contributed by atoms with Crippen molar-refractivity contribution >= 4 is 16.1 Å². The number of esters is 1. The smallest absolute Gasteiger partial charge is 0.310 e. The molecule has 1 saturated heterocycles. The van der Waals surface area contributed by atoms with Crippen molar-refractivity contribution in [2.45, 2.75) is 12.5 Å². The quantitative estimate of drug-likeness (QED) is 0.357. The second kappa shape index (κ2) is 4.91. The van der Waals surface area contributed by atoms with Crippen molar-refractivity contribution in [3.63, 3.8) is 0 Å². The predicted octanol–water partition coefficient (Wildman–Crippen LogP) is -0.830. The Bertz CT molecular complexity index is 300. The van der Waals surface area contributed by atoms with Crippen LogP contribution in [-0.4, -0.2) is 63.5 Å². The molecule has 1 rings (SSSR count). The Morgan fingerprint density at radius 1 is 1.47 bits per heavy atom. The van der Waals surface area contributed by atoms with Gasteiger partial charge in [0.15, 0.2) is 6.10 Å². The third-order valence-electron chi connectivity index (χ3n) is 1.44. The third kappa shape index (κ3) is 11.3. The van der Waals surface area contributed by atoms with Gasteiger partial charge in [-0.2, -0.15) is 0 Å². The fourth-order valence-corrected chi connectivity index (χ4v) is 1.07. The summed E-state index contributed by atoms with van der Waals surface area (Å²) in [6, 6.07) is 0. The minimum atomic E-state index is -3.92. The summed E-state index contributed by atoms with van der Waals surface area (Å²) in [6.07, 6.45) is 1.38. The SMILES string of the molecule is CS(=O)(=O)[O-].C[N+](C)(C)C[C@@H]1CC(=O)O1. The number of ether oxygens (including phenoxy) is 1. The maximum absolute atomic E-state index is 10.4. The molecule has 0 unspecified atom stereocenters. The zero-order valence-electron chi connectivity index (χ0n) is 9.39. The molecule has 0 N–H and O–H groups in total. The molecule has 90 valence electrons. The molecule has 0 aromatic rings. The summed E-state index contributed by atoms with van der Waals surface area (Å²) in [5, 5.41) is 0. The first-order valence-corrected chi connectivity index (χ1v) is 6.20. The van der Waals surface area contributed by atoms with E-state index in [9.17, 15) is 4.79 Å². The number of carbonyl (C=O) groups excluding carboxylic acids is 1. The maximum Gasteiger partial charge on any atom is 0.310 e. The van der Waals surface area contributed by atoms with Gasteiger partial charge in [0.25, 0.3) is 0 Å². The number of nitrogens with zero attached hydrogens (tertiary/aromatic N) is 1. The highest BCUT2D eigenvalue weighted by molar-refractivity contribution is 7.84. The van der Waals surface area contributed by atoms with Gasteiger partial charge in [0.1, 0.15) is 6.54 Å². The molecule has 0 saturated carbocycles. The zero-order chi connectivity index (χ0) is 12.3. The molecule has 0 aliphatic carbocycles. The first-order valence-electron chi connectivity index (χ1n) is 4.38. The molecule has 0 bridgehead atoms. The molecule has 7 heteroatoms. The third-order valence-corrected chi connectivity index (χ3v) is 1.44. The Hall–Kier alpha value is -0.660. The van der Waals surface area contributed by atoms with Gasteiger partial charge in [-0.15, -0.1) is 0 Å². The van der Waals surface area contributed by atoms with Crippen LogP contribution in [-0.2, 0) is 19.6 Å². The maximum atomic E-state index is 10.4. The molecule has 1 aliphatic rings. The molecule has 1 fully saturated rings. The summed E-state index contributed by atoms with van der Waals surface area (Å²) in [5.74, 6) is -0.0570. The molecular weight excluding hydrogens is 222 g/mol. The topological polar surface area (TPSA) is 83.5 Å². The summed E-state index contributed by atoms with van der Waals surface area (Å²) in [5.41, 5.74) is 0. The normalized spacial score (nSPS) is 20.9. The van der Waals surface area contributed by atoms with Crippen molar-refractivity contribution < 1.29 is 27.0 Å². The molecular formula is C8H17NO5S.